The van der Waals surface area contributed by atoms with E-state index in [1.807, 2.05) is 0 Å². The summed E-state index contributed by atoms with van der Waals surface area (Å²) in [6.45, 7) is 4.95. The summed E-state index contributed by atoms with van der Waals surface area (Å²) in [5, 5.41) is 15.8. The molecule has 3 N–H and O–H groups in total. The fourth-order valence-corrected chi connectivity index (χ4v) is 7.52. The molecule has 0 amide bonds. The molecule has 3 aromatic rings. The van der Waals surface area contributed by atoms with Crippen LogP contribution in [0.25, 0.3) is 11.2 Å². The topological polar surface area (TPSA) is 196 Å². The van der Waals surface area contributed by atoms with Crippen LogP contribution in [0.4, 0.5) is 5.82 Å². The highest BCUT2D eigenvalue weighted by molar-refractivity contribution is 7.88. The van der Waals surface area contributed by atoms with Crippen molar-refractivity contribution in [3.05, 3.63) is 41.9 Å². The van der Waals surface area contributed by atoms with E-state index in [1.165, 1.54) is 36.8 Å². The third-order valence-corrected chi connectivity index (χ3v) is 9.86. The maximum atomic E-state index is 14.1. The molecule has 0 spiro atoms. The van der Waals surface area contributed by atoms with Crippen LogP contribution in [0.5, 0.6) is 5.75 Å². The zero-order chi connectivity index (χ0) is 33.5. The van der Waals surface area contributed by atoms with Gasteiger partial charge in [-0.2, -0.15) is 5.09 Å². The number of benzene rings is 1. The number of esters is 1. The van der Waals surface area contributed by atoms with Crippen molar-refractivity contribution in [3.8, 4) is 5.75 Å². The molecule has 0 bridgehead atoms. The van der Waals surface area contributed by atoms with Gasteiger partial charge in [-0.25, -0.2) is 27.9 Å². The highest BCUT2D eigenvalue weighted by Crippen LogP contribution is 2.53. The summed E-state index contributed by atoms with van der Waals surface area (Å²) in [5.74, 6) is -0.116. The number of carbonyl (C=O) groups is 1. The SMILES string of the molecule is CC(C)OC(=O)C1(NP(=O)(OCC2C[C@@](C)(O)C(Cn3cnc4c(N(C)NS(C)(=O)=O)ncnc43)O2)Oc2ccc(Cl)cc2)CC1. The number of rotatable bonds is 14. The maximum Gasteiger partial charge on any atom is 0.459 e. The van der Waals surface area contributed by atoms with Crippen molar-refractivity contribution in [2.45, 2.75) is 76.0 Å². The van der Waals surface area contributed by atoms with E-state index in [0.717, 1.165) is 6.26 Å². The monoisotopic (exact) mass is 701 g/mol. The van der Waals surface area contributed by atoms with Crippen molar-refractivity contribution in [3.63, 3.8) is 0 Å². The molecule has 3 unspecified atom stereocenters. The van der Waals surface area contributed by atoms with Gasteiger partial charge < -0.3 is 23.7 Å². The molecule has 1 aromatic carbocycles. The van der Waals surface area contributed by atoms with Crippen LogP contribution in [-0.2, 0) is 39.9 Å². The lowest BCUT2D eigenvalue weighted by molar-refractivity contribution is -0.150. The highest BCUT2D eigenvalue weighted by Gasteiger charge is 2.57. The Bertz CT molecular complexity index is 1730. The number of halogens is 1. The minimum atomic E-state index is -4.19. The third-order valence-electron chi connectivity index (χ3n) is 7.36. The molecule has 1 aliphatic carbocycles. The number of sulfonamides is 1. The largest absolute Gasteiger partial charge is 0.462 e. The lowest BCUT2D eigenvalue weighted by atomic mass is 9.96. The average Bonchev–Trinajstić information content (AvgIpc) is 3.51. The Balaban J connectivity index is 1.30. The van der Waals surface area contributed by atoms with Crippen molar-refractivity contribution < 1.29 is 41.4 Å². The Morgan fingerprint density at radius 3 is 2.59 bits per heavy atom. The zero-order valence-corrected chi connectivity index (χ0v) is 28.4. The number of hydrogen-bond acceptors (Lipinski definition) is 13. The summed E-state index contributed by atoms with van der Waals surface area (Å²) < 4.78 is 62.4. The first kappa shape index (κ1) is 34.4. The zero-order valence-electron chi connectivity index (χ0n) is 25.9. The van der Waals surface area contributed by atoms with Crippen LogP contribution < -0.4 is 19.5 Å². The summed E-state index contributed by atoms with van der Waals surface area (Å²) in [7, 11) is -6.27. The molecule has 16 nitrogen and oxygen atoms in total. The van der Waals surface area contributed by atoms with Gasteiger partial charge in [0.15, 0.2) is 17.0 Å². The number of ether oxygens (including phenoxy) is 2. The number of carbonyl (C=O) groups excluding carboxylic acids is 1. The van der Waals surface area contributed by atoms with Gasteiger partial charge in [-0.1, -0.05) is 11.6 Å². The number of hydrazine groups is 1. The molecule has 4 atom stereocenters. The van der Waals surface area contributed by atoms with Crippen LogP contribution in [0, 0.1) is 0 Å². The van der Waals surface area contributed by atoms with Gasteiger partial charge in [0.1, 0.15) is 23.7 Å². The Morgan fingerprint density at radius 2 is 1.96 bits per heavy atom. The summed E-state index contributed by atoms with van der Waals surface area (Å²) in [5.41, 5.74) is -1.83. The molecular formula is C27H37ClN7O9PS. The van der Waals surface area contributed by atoms with Crippen molar-refractivity contribution in [1.82, 2.24) is 29.4 Å². The van der Waals surface area contributed by atoms with Crippen LogP contribution in [0.2, 0.25) is 5.02 Å². The molecule has 2 aromatic heterocycles. The third kappa shape index (κ3) is 8.15. The highest BCUT2D eigenvalue weighted by atomic mass is 35.5. The van der Waals surface area contributed by atoms with E-state index >= 15 is 0 Å². The van der Waals surface area contributed by atoms with E-state index in [2.05, 4.69) is 24.9 Å². The van der Waals surface area contributed by atoms with Gasteiger partial charge in [0.05, 0.1) is 43.5 Å². The van der Waals surface area contributed by atoms with E-state index in [4.69, 9.17) is 30.1 Å². The standard InChI is InChI=1S/C27H37ClN7O9PS/c1-17(2)42-25(36)27(10-11-27)32-45(38,44-19-8-6-18(28)7-9-19)41-14-20-12-26(3,37)21(43-20)13-35-16-31-22-23(29-15-30-24(22)35)34(4)33-46(5,39)40/h6-9,15-17,20-21,33,37H,10-14H2,1-5H3,(H,32,38)/t20?,21?,26-,45?/m1/s1. The predicted molar refractivity (Wildman–Crippen MR) is 168 cm³/mol. The van der Waals surface area contributed by atoms with E-state index in [-0.39, 0.29) is 37.2 Å². The summed E-state index contributed by atoms with van der Waals surface area (Å²) in [6.07, 6.45) is 2.85. The van der Waals surface area contributed by atoms with E-state index in [1.54, 1.807) is 37.5 Å². The number of anilines is 1. The maximum absolute atomic E-state index is 14.1. The number of aliphatic hydroxyl groups is 1. The van der Waals surface area contributed by atoms with Crippen LogP contribution in [0.3, 0.4) is 0 Å². The fraction of sp³-hybridized carbons (Fsp3) is 0.556. The van der Waals surface area contributed by atoms with E-state index < -0.39 is 47.1 Å². The molecule has 46 heavy (non-hydrogen) atoms. The van der Waals surface area contributed by atoms with Gasteiger partial charge in [-0.15, -0.1) is 4.83 Å². The lowest BCUT2D eigenvalue weighted by Gasteiger charge is -2.26. The molecule has 252 valence electrons. The van der Waals surface area contributed by atoms with Crippen molar-refractivity contribution >= 4 is 52.3 Å². The lowest BCUT2D eigenvalue weighted by Crippen LogP contribution is -2.41. The minimum absolute atomic E-state index is 0.126. The van der Waals surface area contributed by atoms with Gasteiger partial charge in [-0.05, 0) is 57.9 Å². The summed E-state index contributed by atoms with van der Waals surface area (Å²) >= 11 is 5.99. The summed E-state index contributed by atoms with van der Waals surface area (Å²) in [4.78, 5) is 27.9. The molecule has 1 saturated carbocycles. The average molecular weight is 702 g/mol. The molecule has 19 heteroatoms. The molecule has 3 heterocycles. The second kappa shape index (κ2) is 13.0. The molecular weight excluding hydrogens is 665 g/mol. The number of imidazole rings is 1. The van der Waals surface area contributed by atoms with Crippen LogP contribution in [0.15, 0.2) is 36.9 Å². The fourth-order valence-electron chi connectivity index (χ4n) is 5.05. The Hall–Kier alpha value is -2.89. The molecule has 0 radical (unpaired) electrons. The predicted octanol–water partition coefficient (Wildman–Crippen LogP) is 2.57. The number of aromatic nitrogens is 4. The molecule has 5 rings (SSSR count). The summed E-state index contributed by atoms with van der Waals surface area (Å²) in [6, 6.07) is 6.19. The van der Waals surface area contributed by atoms with Crippen molar-refractivity contribution in [1.29, 1.82) is 0 Å². The second-order valence-electron chi connectivity index (χ2n) is 12.0. The first-order valence-electron chi connectivity index (χ1n) is 14.4. The Labute approximate surface area is 271 Å². The number of nitrogens with one attached hydrogen (secondary N) is 2. The minimum Gasteiger partial charge on any atom is -0.462 e. The van der Waals surface area contributed by atoms with Gasteiger partial charge in [0.25, 0.3) is 0 Å². The number of hydrogen-bond donors (Lipinski definition) is 3. The first-order valence-corrected chi connectivity index (χ1v) is 18.2. The van der Waals surface area contributed by atoms with Crippen LogP contribution in [-0.4, -0.2) is 88.4 Å². The molecule has 2 fully saturated rings. The molecule has 2 aliphatic rings. The smallest absolute Gasteiger partial charge is 0.459 e. The van der Waals surface area contributed by atoms with Gasteiger partial charge >= 0.3 is 13.7 Å². The van der Waals surface area contributed by atoms with Gasteiger partial charge in [0, 0.05) is 18.5 Å². The quantitative estimate of drug-likeness (QED) is 0.126. The van der Waals surface area contributed by atoms with E-state index in [9.17, 15) is 22.9 Å². The Kier molecular flexibility index (Phi) is 9.70. The normalized spacial score (nSPS) is 23.7. The van der Waals surface area contributed by atoms with E-state index in [0.29, 0.717) is 29.0 Å². The van der Waals surface area contributed by atoms with Crippen LogP contribution >= 0.6 is 19.3 Å². The number of nitrogens with zero attached hydrogens (tertiary/aromatic N) is 5. The van der Waals surface area contributed by atoms with Gasteiger partial charge in [0.2, 0.25) is 10.0 Å². The molecule has 1 saturated heterocycles. The van der Waals surface area contributed by atoms with Crippen molar-refractivity contribution in [2.24, 2.45) is 0 Å². The molecule has 1 aliphatic heterocycles. The van der Waals surface area contributed by atoms with Crippen LogP contribution in [0.1, 0.15) is 40.0 Å². The Morgan fingerprint density at radius 1 is 1.26 bits per heavy atom. The first-order chi connectivity index (χ1) is 21.5. The van der Waals surface area contributed by atoms with Crippen molar-refractivity contribution in [2.75, 3.05) is 24.9 Å². The van der Waals surface area contributed by atoms with Gasteiger partial charge in [-0.3, -0.25) is 14.3 Å². The number of fused-ring (bicyclic) bond motifs is 1. The second-order valence-corrected chi connectivity index (χ2v) is 15.8.